The van der Waals surface area contributed by atoms with Gasteiger partial charge in [-0.2, -0.15) is 4.98 Å². The third kappa shape index (κ3) is 2.74. The predicted octanol–water partition coefficient (Wildman–Crippen LogP) is 2.42. The molecule has 0 saturated carbocycles. The number of aromatic amines is 1. The first-order chi connectivity index (χ1) is 10.2. The summed E-state index contributed by atoms with van der Waals surface area (Å²) in [4.78, 5) is 19.1. The number of hydrogen-bond donors (Lipinski definition) is 3. The van der Waals surface area contributed by atoms with Crippen LogP contribution in [0.4, 0.5) is 4.79 Å². The molecule has 0 aliphatic rings. The normalized spacial score (nSPS) is 12.3. The van der Waals surface area contributed by atoms with Crippen LogP contribution in [0.2, 0.25) is 0 Å². The number of amides is 1. The molecule has 2 heterocycles. The summed E-state index contributed by atoms with van der Waals surface area (Å²) >= 11 is 1.49. The third-order valence-corrected chi connectivity index (χ3v) is 3.93. The number of carbonyl (C=O) groups is 1. The van der Waals surface area contributed by atoms with Crippen LogP contribution in [0, 0.1) is 0 Å². The molecule has 0 aliphatic heterocycles. The lowest BCUT2D eigenvalue weighted by Crippen LogP contribution is -2.22. The van der Waals surface area contributed by atoms with E-state index >= 15 is 0 Å². The van der Waals surface area contributed by atoms with Crippen molar-refractivity contribution in [1.29, 1.82) is 0 Å². The molecule has 1 aromatic carbocycles. The molecule has 1 unspecified atom stereocenters. The highest BCUT2D eigenvalue weighted by Gasteiger charge is 2.14. The van der Waals surface area contributed by atoms with Crippen molar-refractivity contribution < 1.29 is 14.6 Å². The molecular formula is C14H13N3O3S. The van der Waals surface area contributed by atoms with Crippen LogP contribution in [0.5, 0.6) is 6.01 Å². The highest BCUT2D eigenvalue weighted by Crippen LogP contribution is 2.28. The van der Waals surface area contributed by atoms with Crippen LogP contribution in [-0.4, -0.2) is 28.2 Å². The molecule has 0 bridgehead atoms. The maximum absolute atomic E-state index is 11.2. The Morgan fingerprint density at radius 2 is 2.33 bits per heavy atom. The summed E-state index contributed by atoms with van der Waals surface area (Å²) in [5.41, 5.74) is 2.11. The van der Waals surface area contributed by atoms with Gasteiger partial charge in [-0.15, -0.1) is 11.3 Å². The van der Waals surface area contributed by atoms with Crippen LogP contribution in [-0.2, 0) is 0 Å². The van der Waals surface area contributed by atoms with Crippen molar-refractivity contribution in [2.24, 2.45) is 0 Å². The van der Waals surface area contributed by atoms with Gasteiger partial charge in [0.25, 0.3) is 0 Å². The molecule has 108 valence electrons. The van der Waals surface area contributed by atoms with E-state index in [9.17, 15) is 9.90 Å². The summed E-state index contributed by atoms with van der Waals surface area (Å²) in [6, 6.07) is 9.27. The molecular weight excluding hydrogens is 290 g/mol. The topological polar surface area (TPSA) is 87.2 Å². The van der Waals surface area contributed by atoms with Gasteiger partial charge in [-0.3, -0.25) is 0 Å². The van der Waals surface area contributed by atoms with Crippen LogP contribution in [0.3, 0.4) is 0 Å². The Kier molecular flexibility index (Phi) is 3.59. The number of hydrogen-bond acceptors (Lipinski definition) is 5. The van der Waals surface area contributed by atoms with E-state index in [1.165, 1.54) is 18.4 Å². The summed E-state index contributed by atoms with van der Waals surface area (Å²) in [5.74, 6) is 0. The Labute approximate surface area is 124 Å². The number of benzene rings is 1. The minimum atomic E-state index is -0.680. The van der Waals surface area contributed by atoms with E-state index in [4.69, 9.17) is 4.74 Å². The lowest BCUT2D eigenvalue weighted by atomic mass is 10.1. The minimum Gasteiger partial charge on any atom is -0.383 e. The quantitative estimate of drug-likeness (QED) is 0.693. The largest absolute Gasteiger partial charge is 0.414 e. The smallest absolute Gasteiger partial charge is 0.383 e. The molecule has 6 nitrogen and oxygen atoms in total. The van der Waals surface area contributed by atoms with E-state index in [0.717, 1.165) is 10.4 Å². The Hall–Kier alpha value is -2.38. The summed E-state index contributed by atoms with van der Waals surface area (Å²) in [6.45, 7) is 0. The standard InChI is InChI=1S/C14H13N3O3S/c1-15-14(19)20-13-16-9-5-4-8(7-10(9)17-13)12(18)11-3-2-6-21-11/h2-7,12,18H,1H3,(H,15,19)(H,16,17). The van der Waals surface area contributed by atoms with Crippen molar-refractivity contribution in [3.05, 3.63) is 46.2 Å². The van der Waals surface area contributed by atoms with E-state index in [0.29, 0.717) is 11.0 Å². The zero-order valence-electron chi connectivity index (χ0n) is 11.2. The second-order valence-corrected chi connectivity index (χ2v) is 5.36. The van der Waals surface area contributed by atoms with Crippen molar-refractivity contribution in [3.8, 4) is 6.01 Å². The van der Waals surface area contributed by atoms with E-state index in [1.807, 2.05) is 17.5 Å². The average molecular weight is 303 g/mol. The lowest BCUT2D eigenvalue weighted by Gasteiger charge is -2.08. The number of aliphatic hydroxyl groups excluding tert-OH is 1. The molecule has 0 aliphatic carbocycles. The molecule has 1 amide bonds. The van der Waals surface area contributed by atoms with Crippen LogP contribution in [0.1, 0.15) is 16.5 Å². The van der Waals surface area contributed by atoms with Gasteiger partial charge in [-0.25, -0.2) is 4.79 Å². The monoisotopic (exact) mass is 303 g/mol. The number of fused-ring (bicyclic) bond motifs is 1. The minimum absolute atomic E-state index is 0.118. The van der Waals surface area contributed by atoms with Crippen molar-refractivity contribution in [2.75, 3.05) is 7.05 Å². The Morgan fingerprint density at radius 3 is 3.05 bits per heavy atom. The summed E-state index contributed by atoms with van der Waals surface area (Å²) in [7, 11) is 1.47. The molecule has 2 aromatic heterocycles. The van der Waals surface area contributed by atoms with Gasteiger partial charge >= 0.3 is 12.1 Å². The van der Waals surface area contributed by atoms with Crippen molar-refractivity contribution in [1.82, 2.24) is 15.3 Å². The first-order valence-corrected chi connectivity index (χ1v) is 7.16. The average Bonchev–Trinajstić information content (AvgIpc) is 3.14. The summed E-state index contributed by atoms with van der Waals surface area (Å²) in [5, 5.41) is 14.6. The maximum Gasteiger partial charge on any atom is 0.414 e. The van der Waals surface area contributed by atoms with E-state index in [1.54, 1.807) is 18.2 Å². The zero-order valence-corrected chi connectivity index (χ0v) is 12.0. The number of ether oxygens (including phenoxy) is 1. The Balaban J connectivity index is 1.91. The first kappa shape index (κ1) is 13.6. The van der Waals surface area contributed by atoms with Crippen LogP contribution < -0.4 is 10.1 Å². The van der Waals surface area contributed by atoms with Gasteiger partial charge in [0.2, 0.25) is 0 Å². The second-order valence-electron chi connectivity index (χ2n) is 4.38. The van der Waals surface area contributed by atoms with Crippen molar-refractivity contribution in [3.63, 3.8) is 0 Å². The summed E-state index contributed by atoms with van der Waals surface area (Å²) < 4.78 is 4.94. The molecule has 21 heavy (non-hydrogen) atoms. The van der Waals surface area contributed by atoms with Crippen molar-refractivity contribution >= 4 is 28.5 Å². The lowest BCUT2D eigenvalue weighted by molar-refractivity contribution is 0.199. The highest BCUT2D eigenvalue weighted by molar-refractivity contribution is 7.10. The van der Waals surface area contributed by atoms with Gasteiger partial charge in [0.05, 0.1) is 11.0 Å². The number of nitrogens with one attached hydrogen (secondary N) is 2. The molecule has 0 spiro atoms. The first-order valence-electron chi connectivity index (χ1n) is 6.28. The number of thiophene rings is 1. The SMILES string of the molecule is CNC(=O)Oc1nc2ccc(C(O)c3cccs3)cc2[nH]1. The maximum atomic E-state index is 11.2. The van der Waals surface area contributed by atoms with Crippen LogP contribution >= 0.6 is 11.3 Å². The predicted molar refractivity (Wildman–Crippen MR) is 79.6 cm³/mol. The zero-order chi connectivity index (χ0) is 14.8. The molecule has 7 heteroatoms. The van der Waals surface area contributed by atoms with Gasteiger partial charge in [0, 0.05) is 11.9 Å². The molecule has 3 rings (SSSR count). The number of H-pyrrole nitrogens is 1. The fraction of sp³-hybridized carbons (Fsp3) is 0.143. The number of carbonyl (C=O) groups excluding carboxylic acids is 1. The van der Waals surface area contributed by atoms with Crippen LogP contribution in [0.15, 0.2) is 35.7 Å². The molecule has 3 aromatic rings. The number of aromatic nitrogens is 2. The van der Waals surface area contributed by atoms with Gasteiger partial charge < -0.3 is 20.1 Å². The second kappa shape index (κ2) is 5.55. The molecule has 0 radical (unpaired) electrons. The molecule has 0 saturated heterocycles. The number of rotatable bonds is 3. The van der Waals surface area contributed by atoms with Gasteiger partial charge in [-0.05, 0) is 29.1 Å². The van der Waals surface area contributed by atoms with Crippen molar-refractivity contribution in [2.45, 2.75) is 6.10 Å². The fourth-order valence-corrected chi connectivity index (χ4v) is 2.71. The van der Waals surface area contributed by atoms with Crippen LogP contribution in [0.25, 0.3) is 11.0 Å². The van der Waals surface area contributed by atoms with E-state index in [2.05, 4.69) is 15.3 Å². The van der Waals surface area contributed by atoms with E-state index < -0.39 is 12.2 Å². The Bertz CT molecular complexity index is 767. The van der Waals surface area contributed by atoms with Gasteiger partial charge in [0.15, 0.2) is 0 Å². The number of aliphatic hydroxyl groups is 1. The summed E-state index contributed by atoms with van der Waals surface area (Å²) in [6.07, 6.45) is -1.27. The van der Waals surface area contributed by atoms with E-state index in [-0.39, 0.29) is 6.01 Å². The molecule has 1 atom stereocenters. The Morgan fingerprint density at radius 1 is 1.48 bits per heavy atom. The molecule has 0 fully saturated rings. The van der Waals surface area contributed by atoms with Gasteiger partial charge in [0.1, 0.15) is 6.10 Å². The number of nitrogens with zero attached hydrogens (tertiary/aromatic N) is 1. The third-order valence-electron chi connectivity index (χ3n) is 3.01. The number of imidazole rings is 1. The highest BCUT2D eigenvalue weighted by atomic mass is 32.1. The fourth-order valence-electron chi connectivity index (χ4n) is 1.97. The van der Waals surface area contributed by atoms with Gasteiger partial charge in [-0.1, -0.05) is 12.1 Å². The molecule has 3 N–H and O–H groups in total.